The molecule has 1 fully saturated rings. The molecule has 4 nitrogen and oxygen atoms in total. The van der Waals surface area contributed by atoms with Gasteiger partial charge in [-0.15, -0.1) is 0 Å². The second-order valence-corrected chi connectivity index (χ2v) is 5.53. The summed E-state index contributed by atoms with van der Waals surface area (Å²) >= 11 is 0. The van der Waals surface area contributed by atoms with Crippen molar-refractivity contribution in [3.63, 3.8) is 0 Å². The number of amides is 2. The molecule has 0 radical (unpaired) electrons. The molecule has 2 rings (SSSR count). The van der Waals surface area contributed by atoms with E-state index in [1.165, 1.54) is 12.0 Å². The third kappa shape index (κ3) is 4.23. The van der Waals surface area contributed by atoms with Crippen molar-refractivity contribution in [2.24, 2.45) is 0 Å². The SMILES string of the molecule is CCCNC(C)c1cccc(NC(=O)NC2CCC2)c1. The molecular formula is C16H25N3O. The van der Waals surface area contributed by atoms with Crippen LogP contribution in [0.2, 0.25) is 0 Å². The maximum absolute atomic E-state index is 11.8. The average molecular weight is 275 g/mol. The van der Waals surface area contributed by atoms with Crippen LogP contribution in [0.15, 0.2) is 24.3 Å². The summed E-state index contributed by atoms with van der Waals surface area (Å²) in [4.78, 5) is 11.8. The number of carbonyl (C=O) groups is 1. The van der Waals surface area contributed by atoms with Crippen LogP contribution in [0.3, 0.4) is 0 Å². The molecule has 0 heterocycles. The summed E-state index contributed by atoms with van der Waals surface area (Å²) in [5, 5.41) is 9.35. The van der Waals surface area contributed by atoms with E-state index in [9.17, 15) is 4.79 Å². The van der Waals surface area contributed by atoms with Crippen molar-refractivity contribution < 1.29 is 4.79 Å². The Bertz CT molecular complexity index is 443. The van der Waals surface area contributed by atoms with Gasteiger partial charge in [-0.05, 0) is 56.8 Å². The molecule has 1 saturated carbocycles. The summed E-state index contributed by atoms with van der Waals surface area (Å²) in [5.74, 6) is 0. The minimum Gasteiger partial charge on any atom is -0.335 e. The lowest BCUT2D eigenvalue weighted by Crippen LogP contribution is -2.41. The summed E-state index contributed by atoms with van der Waals surface area (Å²) in [6, 6.07) is 8.60. The zero-order valence-corrected chi connectivity index (χ0v) is 12.4. The van der Waals surface area contributed by atoms with Crippen molar-refractivity contribution in [3.05, 3.63) is 29.8 Å². The number of anilines is 1. The predicted octanol–water partition coefficient (Wildman–Crippen LogP) is 3.42. The van der Waals surface area contributed by atoms with Crippen molar-refractivity contribution in [1.82, 2.24) is 10.6 Å². The monoisotopic (exact) mass is 275 g/mol. The van der Waals surface area contributed by atoms with Crippen LogP contribution in [0.5, 0.6) is 0 Å². The quantitative estimate of drug-likeness (QED) is 0.745. The predicted molar refractivity (Wildman–Crippen MR) is 82.9 cm³/mol. The molecule has 0 bridgehead atoms. The van der Waals surface area contributed by atoms with Gasteiger partial charge in [-0.2, -0.15) is 0 Å². The van der Waals surface area contributed by atoms with Crippen molar-refractivity contribution in [1.29, 1.82) is 0 Å². The molecule has 0 aromatic heterocycles. The Balaban J connectivity index is 1.89. The smallest absolute Gasteiger partial charge is 0.319 e. The number of hydrogen-bond donors (Lipinski definition) is 3. The van der Waals surface area contributed by atoms with Crippen LogP contribution in [0, 0.1) is 0 Å². The third-order valence-electron chi connectivity index (χ3n) is 3.79. The Morgan fingerprint density at radius 1 is 1.40 bits per heavy atom. The highest BCUT2D eigenvalue weighted by atomic mass is 16.2. The lowest BCUT2D eigenvalue weighted by Gasteiger charge is -2.26. The van der Waals surface area contributed by atoms with Gasteiger partial charge in [0.2, 0.25) is 0 Å². The van der Waals surface area contributed by atoms with Gasteiger partial charge in [0, 0.05) is 17.8 Å². The highest BCUT2D eigenvalue weighted by Crippen LogP contribution is 2.19. The molecule has 1 aliphatic rings. The summed E-state index contributed by atoms with van der Waals surface area (Å²) in [6.45, 7) is 5.30. The fraction of sp³-hybridized carbons (Fsp3) is 0.562. The second-order valence-electron chi connectivity index (χ2n) is 5.53. The normalized spacial score (nSPS) is 16.3. The van der Waals surface area contributed by atoms with Crippen molar-refractivity contribution in [2.75, 3.05) is 11.9 Å². The second kappa shape index (κ2) is 7.29. The van der Waals surface area contributed by atoms with E-state index in [-0.39, 0.29) is 6.03 Å². The number of hydrogen-bond acceptors (Lipinski definition) is 2. The Kier molecular flexibility index (Phi) is 5.41. The molecule has 1 atom stereocenters. The first-order valence-electron chi connectivity index (χ1n) is 7.60. The van der Waals surface area contributed by atoms with Crippen LogP contribution < -0.4 is 16.0 Å². The number of nitrogens with one attached hydrogen (secondary N) is 3. The summed E-state index contributed by atoms with van der Waals surface area (Å²) < 4.78 is 0. The van der Waals surface area contributed by atoms with Gasteiger partial charge in [-0.3, -0.25) is 0 Å². The molecule has 0 aliphatic heterocycles. The van der Waals surface area contributed by atoms with E-state index in [4.69, 9.17) is 0 Å². The van der Waals surface area contributed by atoms with Crippen LogP contribution >= 0.6 is 0 Å². The number of benzene rings is 1. The van der Waals surface area contributed by atoms with Gasteiger partial charge in [0.05, 0.1) is 0 Å². The van der Waals surface area contributed by atoms with E-state index in [2.05, 4.69) is 35.9 Å². The van der Waals surface area contributed by atoms with Gasteiger partial charge in [0.15, 0.2) is 0 Å². The van der Waals surface area contributed by atoms with E-state index < -0.39 is 0 Å². The molecule has 1 aromatic carbocycles. The summed E-state index contributed by atoms with van der Waals surface area (Å²) in [5.41, 5.74) is 2.05. The Morgan fingerprint density at radius 3 is 2.85 bits per heavy atom. The molecule has 3 N–H and O–H groups in total. The van der Waals surface area contributed by atoms with Crippen LogP contribution in [-0.2, 0) is 0 Å². The summed E-state index contributed by atoms with van der Waals surface area (Å²) in [7, 11) is 0. The third-order valence-corrected chi connectivity index (χ3v) is 3.79. The van der Waals surface area contributed by atoms with E-state index in [1.54, 1.807) is 0 Å². The highest BCUT2D eigenvalue weighted by molar-refractivity contribution is 5.89. The maximum Gasteiger partial charge on any atom is 0.319 e. The fourth-order valence-electron chi connectivity index (χ4n) is 2.27. The Labute approximate surface area is 121 Å². The molecule has 4 heteroatoms. The first kappa shape index (κ1) is 14.9. The minimum absolute atomic E-state index is 0.0963. The molecule has 0 saturated heterocycles. The first-order valence-corrected chi connectivity index (χ1v) is 7.60. The average Bonchev–Trinajstić information content (AvgIpc) is 2.40. The standard InChI is InChI=1S/C16H25N3O/c1-3-10-17-12(2)13-6-4-9-15(11-13)19-16(20)18-14-7-5-8-14/h4,6,9,11-12,14,17H,3,5,7-8,10H2,1-2H3,(H2,18,19,20). The van der Waals surface area contributed by atoms with Crippen LogP contribution in [0.1, 0.15) is 51.1 Å². The topological polar surface area (TPSA) is 53.2 Å². The van der Waals surface area contributed by atoms with E-state index in [0.29, 0.717) is 12.1 Å². The Hall–Kier alpha value is -1.55. The Morgan fingerprint density at radius 2 is 2.20 bits per heavy atom. The van der Waals surface area contributed by atoms with Crippen LogP contribution in [0.4, 0.5) is 10.5 Å². The zero-order valence-electron chi connectivity index (χ0n) is 12.4. The maximum atomic E-state index is 11.8. The molecule has 110 valence electrons. The zero-order chi connectivity index (χ0) is 14.4. The molecule has 1 aromatic rings. The van der Waals surface area contributed by atoms with Gasteiger partial charge >= 0.3 is 6.03 Å². The van der Waals surface area contributed by atoms with Crippen LogP contribution in [0.25, 0.3) is 0 Å². The van der Waals surface area contributed by atoms with Crippen LogP contribution in [-0.4, -0.2) is 18.6 Å². The molecular weight excluding hydrogens is 250 g/mol. The van der Waals surface area contributed by atoms with E-state index in [0.717, 1.165) is 31.5 Å². The largest absolute Gasteiger partial charge is 0.335 e. The molecule has 0 spiro atoms. The molecule has 1 aliphatic carbocycles. The lowest BCUT2D eigenvalue weighted by atomic mass is 9.93. The van der Waals surface area contributed by atoms with Gasteiger partial charge in [-0.1, -0.05) is 19.1 Å². The number of carbonyl (C=O) groups excluding carboxylic acids is 1. The fourth-order valence-corrected chi connectivity index (χ4v) is 2.27. The van der Waals surface area contributed by atoms with Gasteiger partial charge in [0.1, 0.15) is 0 Å². The van der Waals surface area contributed by atoms with E-state index >= 15 is 0 Å². The highest BCUT2D eigenvalue weighted by Gasteiger charge is 2.19. The van der Waals surface area contributed by atoms with Gasteiger partial charge in [0.25, 0.3) is 0 Å². The van der Waals surface area contributed by atoms with Crippen molar-refractivity contribution >= 4 is 11.7 Å². The number of rotatable bonds is 6. The minimum atomic E-state index is -0.0963. The lowest BCUT2D eigenvalue weighted by molar-refractivity contribution is 0.240. The number of urea groups is 1. The van der Waals surface area contributed by atoms with Gasteiger partial charge < -0.3 is 16.0 Å². The van der Waals surface area contributed by atoms with Gasteiger partial charge in [-0.25, -0.2) is 4.79 Å². The first-order chi connectivity index (χ1) is 9.69. The summed E-state index contributed by atoms with van der Waals surface area (Å²) in [6.07, 6.45) is 4.55. The van der Waals surface area contributed by atoms with Crippen molar-refractivity contribution in [2.45, 2.75) is 51.6 Å². The molecule has 20 heavy (non-hydrogen) atoms. The van der Waals surface area contributed by atoms with Crippen molar-refractivity contribution in [3.8, 4) is 0 Å². The molecule has 2 amide bonds. The van der Waals surface area contributed by atoms with E-state index in [1.807, 2.05) is 18.2 Å². The molecule has 1 unspecified atom stereocenters.